The third-order valence-corrected chi connectivity index (χ3v) is 6.21. The zero-order valence-electron chi connectivity index (χ0n) is 13.3. The molecule has 126 valence electrons. The highest BCUT2D eigenvalue weighted by atomic mass is 19.4. The number of nitrogens with zero attached hydrogens (tertiary/aromatic N) is 1. The SMILES string of the molecule is FC(F)(F)c1cccc(N2CC[NH+]([C@H]3C[C@H]4CC[C@@H]3C4)CC2)c1. The largest absolute Gasteiger partial charge is 0.416 e. The fourth-order valence-corrected chi connectivity index (χ4v) is 5.05. The molecule has 0 radical (unpaired) electrons. The molecule has 5 heteroatoms. The lowest BCUT2D eigenvalue weighted by atomic mass is 9.93. The third-order valence-electron chi connectivity index (χ3n) is 6.21. The average molecular weight is 325 g/mol. The maximum atomic E-state index is 12.9. The van der Waals surface area contributed by atoms with Crippen molar-refractivity contribution in [1.82, 2.24) is 0 Å². The Bertz CT molecular complexity index is 564. The average Bonchev–Trinajstić information content (AvgIpc) is 3.17. The molecule has 4 rings (SSSR count). The van der Waals surface area contributed by atoms with Crippen LogP contribution in [0.5, 0.6) is 0 Å². The highest BCUT2D eigenvalue weighted by molar-refractivity contribution is 5.49. The molecule has 3 aliphatic rings. The Morgan fingerprint density at radius 3 is 2.43 bits per heavy atom. The van der Waals surface area contributed by atoms with Gasteiger partial charge in [-0.05, 0) is 43.4 Å². The Morgan fingerprint density at radius 1 is 1.04 bits per heavy atom. The summed E-state index contributed by atoms with van der Waals surface area (Å²) < 4.78 is 38.6. The highest BCUT2D eigenvalue weighted by Crippen LogP contribution is 2.43. The van der Waals surface area contributed by atoms with E-state index in [0.29, 0.717) is 5.69 Å². The maximum Gasteiger partial charge on any atom is 0.416 e. The summed E-state index contributed by atoms with van der Waals surface area (Å²) in [6.45, 7) is 3.85. The second-order valence-electron chi connectivity index (χ2n) is 7.47. The summed E-state index contributed by atoms with van der Waals surface area (Å²) in [7, 11) is 0. The second kappa shape index (κ2) is 5.69. The maximum absolute atomic E-state index is 12.9. The van der Waals surface area contributed by atoms with E-state index in [2.05, 4.69) is 4.90 Å². The Balaban J connectivity index is 1.40. The smallest absolute Gasteiger partial charge is 0.360 e. The molecule has 1 heterocycles. The summed E-state index contributed by atoms with van der Waals surface area (Å²) >= 11 is 0. The second-order valence-corrected chi connectivity index (χ2v) is 7.47. The van der Waals surface area contributed by atoms with E-state index >= 15 is 0 Å². The minimum Gasteiger partial charge on any atom is -0.360 e. The predicted molar refractivity (Wildman–Crippen MR) is 83.6 cm³/mol. The summed E-state index contributed by atoms with van der Waals surface area (Å²) in [5, 5.41) is 0. The molecule has 2 nitrogen and oxygen atoms in total. The van der Waals surface area contributed by atoms with Crippen molar-refractivity contribution in [2.24, 2.45) is 11.8 Å². The molecule has 2 bridgehead atoms. The van der Waals surface area contributed by atoms with Crippen LogP contribution in [0.1, 0.15) is 31.2 Å². The Hall–Kier alpha value is -1.23. The first kappa shape index (κ1) is 15.3. The number of hydrogen-bond acceptors (Lipinski definition) is 1. The van der Waals surface area contributed by atoms with E-state index in [0.717, 1.165) is 50.1 Å². The molecule has 23 heavy (non-hydrogen) atoms. The monoisotopic (exact) mass is 325 g/mol. The van der Waals surface area contributed by atoms with E-state index in [4.69, 9.17) is 0 Å². The van der Waals surface area contributed by atoms with Gasteiger partial charge in [-0.15, -0.1) is 0 Å². The van der Waals surface area contributed by atoms with Crippen LogP contribution in [0.3, 0.4) is 0 Å². The van der Waals surface area contributed by atoms with E-state index < -0.39 is 11.7 Å². The fourth-order valence-electron chi connectivity index (χ4n) is 5.05. The topological polar surface area (TPSA) is 7.68 Å². The van der Waals surface area contributed by atoms with E-state index in [1.807, 2.05) is 0 Å². The van der Waals surface area contributed by atoms with Gasteiger partial charge in [0.25, 0.3) is 0 Å². The van der Waals surface area contributed by atoms with Gasteiger partial charge < -0.3 is 9.80 Å². The molecule has 3 atom stereocenters. The number of benzene rings is 1. The Kier molecular flexibility index (Phi) is 3.79. The molecule has 3 fully saturated rings. The van der Waals surface area contributed by atoms with Crippen LogP contribution < -0.4 is 9.80 Å². The normalized spacial score (nSPS) is 31.8. The van der Waals surface area contributed by atoms with Crippen LogP contribution in [-0.4, -0.2) is 32.2 Å². The molecule has 0 spiro atoms. The van der Waals surface area contributed by atoms with Gasteiger partial charge in [-0.2, -0.15) is 13.2 Å². The van der Waals surface area contributed by atoms with E-state index in [-0.39, 0.29) is 0 Å². The number of alkyl halides is 3. The summed E-state index contributed by atoms with van der Waals surface area (Å²) in [5.74, 6) is 1.87. The van der Waals surface area contributed by atoms with E-state index in [9.17, 15) is 13.2 Å². The van der Waals surface area contributed by atoms with E-state index in [1.54, 1.807) is 11.0 Å². The predicted octanol–water partition coefficient (Wildman–Crippen LogP) is 2.60. The lowest BCUT2D eigenvalue weighted by molar-refractivity contribution is -0.929. The summed E-state index contributed by atoms with van der Waals surface area (Å²) in [6, 6.07) is 6.59. The number of rotatable bonds is 2. The molecule has 1 aliphatic heterocycles. The number of piperazine rings is 1. The van der Waals surface area contributed by atoms with Crippen molar-refractivity contribution >= 4 is 5.69 Å². The van der Waals surface area contributed by atoms with Crippen LogP contribution in [0.2, 0.25) is 0 Å². The van der Waals surface area contributed by atoms with E-state index in [1.165, 1.54) is 37.8 Å². The first-order chi connectivity index (χ1) is 11.0. The van der Waals surface area contributed by atoms with Gasteiger partial charge in [0.2, 0.25) is 0 Å². The molecule has 1 N–H and O–H groups in total. The van der Waals surface area contributed by atoms with Gasteiger partial charge in [0.05, 0.1) is 37.8 Å². The lowest BCUT2D eigenvalue weighted by Gasteiger charge is -2.39. The molecule has 1 saturated heterocycles. The van der Waals surface area contributed by atoms with Gasteiger partial charge in [-0.1, -0.05) is 6.07 Å². The number of quaternary nitrogens is 1. The Labute approximate surface area is 135 Å². The molecule has 0 unspecified atom stereocenters. The third kappa shape index (κ3) is 2.95. The van der Waals surface area contributed by atoms with Crippen molar-refractivity contribution in [1.29, 1.82) is 0 Å². The van der Waals surface area contributed by atoms with Crippen molar-refractivity contribution in [3.05, 3.63) is 29.8 Å². The van der Waals surface area contributed by atoms with Crippen LogP contribution >= 0.6 is 0 Å². The molecule has 2 saturated carbocycles. The quantitative estimate of drug-likeness (QED) is 0.878. The number of halogens is 3. The highest BCUT2D eigenvalue weighted by Gasteiger charge is 2.45. The number of fused-ring (bicyclic) bond motifs is 2. The fraction of sp³-hybridized carbons (Fsp3) is 0.667. The minimum absolute atomic E-state index is 0.544. The van der Waals surface area contributed by atoms with Crippen molar-refractivity contribution in [2.45, 2.75) is 37.9 Å². The van der Waals surface area contributed by atoms with Crippen LogP contribution in [-0.2, 0) is 6.18 Å². The van der Waals surface area contributed by atoms with Gasteiger partial charge in [0.1, 0.15) is 0 Å². The first-order valence-electron chi connectivity index (χ1n) is 8.77. The molecule has 0 amide bonds. The van der Waals surface area contributed by atoms with Gasteiger partial charge in [0, 0.05) is 18.0 Å². The molecule has 1 aromatic carbocycles. The molecular formula is C18H24F3N2+. The lowest BCUT2D eigenvalue weighted by Crippen LogP contribution is -3.18. The zero-order valence-corrected chi connectivity index (χ0v) is 13.3. The molecule has 2 aliphatic carbocycles. The van der Waals surface area contributed by atoms with Gasteiger partial charge in [-0.25, -0.2) is 0 Å². The number of anilines is 1. The first-order valence-corrected chi connectivity index (χ1v) is 8.77. The van der Waals surface area contributed by atoms with Crippen LogP contribution in [0, 0.1) is 11.8 Å². The number of nitrogens with one attached hydrogen (secondary N) is 1. The molecule has 1 aromatic rings. The zero-order chi connectivity index (χ0) is 16.0. The summed E-state index contributed by atoms with van der Waals surface area (Å²) in [6.07, 6.45) is 1.36. The summed E-state index contributed by atoms with van der Waals surface area (Å²) in [4.78, 5) is 3.81. The number of hydrogen-bond donors (Lipinski definition) is 1. The van der Waals surface area contributed by atoms with Gasteiger partial charge in [0.15, 0.2) is 0 Å². The molecular weight excluding hydrogens is 301 g/mol. The van der Waals surface area contributed by atoms with Crippen molar-refractivity contribution < 1.29 is 18.1 Å². The van der Waals surface area contributed by atoms with Crippen LogP contribution in [0.25, 0.3) is 0 Å². The Morgan fingerprint density at radius 2 is 1.83 bits per heavy atom. The van der Waals surface area contributed by atoms with Crippen molar-refractivity contribution in [3.8, 4) is 0 Å². The minimum atomic E-state index is -4.26. The van der Waals surface area contributed by atoms with Gasteiger partial charge >= 0.3 is 6.18 Å². The van der Waals surface area contributed by atoms with Crippen molar-refractivity contribution in [2.75, 3.05) is 31.1 Å². The summed E-state index contributed by atoms with van der Waals surface area (Å²) in [5.41, 5.74) is 0.171. The van der Waals surface area contributed by atoms with Crippen LogP contribution in [0.4, 0.5) is 18.9 Å². The molecule has 0 aromatic heterocycles. The van der Waals surface area contributed by atoms with Crippen LogP contribution in [0.15, 0.2) is 24.3 Å². The van der Waals surface area contributed by atoms with Gasteiger partial charge in [-0.3, -0.25) is 0 Å². The standard InChI is InChI=1S/C18H23F3N2/c19-18(20,21)15-2-1-3-16(12-15)22-6-8-23(9-7-22)17-11-13-4-5-14(17)10-13/h1-3,12-14,17H,4-11H2/p+1/t13-,14+,17-/m0/s1. The van der Waals surface area contributed by atoms with Crippen molar-refractivity contribution in [3.63, 3.8) is 0 Å².